The first-order valence-corrected chi connectivity index (χ1v) is 10.0. The van der Waals surface area contributed by atoms with Crippen LogP contribution in [0.1, 0.15) is 33.1 Å². The molecule has 164 valence electrons. The van der Waals surface area contributed by atoms with Crippen molar-refractivity contribution < 1.29 is 22.4 Å². The minimum Gasteiger partial charge on any atom is -0.472 e. The molecule has 1 aliphatic rings. The highest BCUT2D eigenvalue weighted by molar-refractivity contribution is 5.93. The number of fused-ring (bicyclic) bond motifs is 1. The van der Waals surface area contributed by atoms with Crippen molar-refractivity contribution >= 4 is 5.91 Å². The zero-order chi connectivity index (χ0) is 21.8. The van der Waals surface area contributed by atoms with Gasteiger partial charge in [-0.25, -0.2) is 0 Å². The first-order valence-electron chi connectivity index (χ1n) is 10.0. The standard InChI is InChI=1S/C21H22F3N5O2/c22-21(23,24)17-4-2-1-3-15(17)13-28-9-6-19-27-26-18(29(19)11-10-28)5-8-25-20(30)16-7-12-31-14-16/h1-4,7,12,14H,5-6,8-11,13H2,(H,25,30). The Hall–Kier alpha value is -3.14. The van der Waals surface area contributed by atoms with Crippen molar-refractivity contribution in [1.29, 1.82) is 0 Å². The molecular weight excluding hydrogens is 411 g/mol. The van der Waals surface area contributed by atoms with Gasteiger partial charge in [0.15, 0.2) is 0 Å². The zero-order valence-corrected chi connectivity index (χ0v) is 16.7. The van der Waals surface area contributed by atoms with E-state index in [4.69, 9.17) is 4.42 Å². The maximum absolute atomic E-state index is 13.3. The van der Waals surface area contributed by atoms with Gasteiger partial charge in [-0.15, -0.1) is 10.2 Å². The number of benzene rings is 1. The molecule has 0 unspecified atom stereocenters. The number of furan rings is 1. The van der Waals surface area contributed by atoms with E-state index >= 15 is 0 Å². The molecule has 0 atom stereocenters. The highest BCUT2D eigenvalue weighted by Crippen LogP contribution is 2.32. The average molecular weight is 433 g/mol. The number of rotatable bonds is 6. The van der Waals surface area contributed by atoms with Crippen LogP contribution in [0, 0.1) is 0 Å². The highest BCUT2D eigenvalue weighted by atomic mass is 19.4. The van der Waals surface area contributed by atoms with Crippen LogP contribution in [-0.4, -0.2) is 45.2 Å². The smallest absolute Gasteiger partial charge is 0.416 e. The molecule has 4 rings (SSSR count). The fourth-order valence-electron chi connectivity index (χ4n) is 3.73. The van der Waals surface area contributed by atoms with Crippen LogP contribution in [0.4, 0.5) is 13.2 Å². The Morgan fingerprint density at radius 1 is 1.13 bits per heavy atom. The van der Waals surface area contributed by atoms with Crippen LogP contribution in [0.3, 0.4) is 0 Å². The summed E-state index contributed by atoms with van der Waals surface area (Å²) >= 11 is 0. The quantitative estimate of drug-likeness (QED) is 0.647. The fraction of sp³-hybridized carbons (Fsp3) is 0.381. The molecule has 7 nitrogen and oxygen atoms in total. The number of nitrogens with zero attached hydrogens (tertiary/aromatic N) is 4. The molecule has 1 aliphatic heterocycles. The Morgan fingerprint density at radius 2 is 1.97 bits per heavy atom. The number of carbonyl (C=O) groups is 1. The van der Waals surface area contributed by atoms with Gasteiger partial charge in [0, 0.05) is 45.6 Å². The highest BCUT2D eigenvalue weighted by Gasteiger charge is 2.33. The number of hydrogen-bond donors (Lipinski definition) is 1. The summed E-state index contributed by atoms with van der Waals surface area (Å²) in [6, 6.07) is 7.28. The molecule has 1 aromatic carbocycles. The average Bonchev–Trinajstić information content (AvgIpc) is 3.36. The number of aromatic nitrogens is 3. The predicted octanol–water partition coefficient (Wildman–Crippen LogP) is 2.92. The van der Waals surface area contributed by atoms with Crippen LogP contribution in [0.5, 0.6) is 0 Å². The lowest BCUT2D eigenvalue weighted by atomic mass is 10.1. The van der Waals surface area contributed by atoms with Gasteiger partial charge < -0.3 is 14.3 Å². The molecule has 0 spiro atoms. The van der Waals surface area contributed by atoms with Crippen molar-refractivity contribution in [1.82, 2.24) is 25.0 Å². The summed E-state index contributed by atoms with van der Waals surface area (Å²) in [7, 11) is 0. The van der Waals surface area contributed by atoms with Gasteiger partial charge in [0.2, 0.25) is 0 Å². The largest absolute Gasteiger partial charge is 0.472 e. The van der Waals surface area contributed by atoms with Gasteiger partial charge in [0.05, 0.1) is 17.4 Å². The second-order valence-electron chi connectivity index (χ2n) is 7.38. The van der Waals surface area contributed by atoms with Gasteiger partial charge in [0.25, 0.3) is 5.91 Å². The second kappa shape index (κ2) is 8.93. The summed E-state index contributed by atoms with van der Waals surface area (Å²) in [4.78, 5) is 14.0. The molecule has 3 heterocycles. The van der Waals surface area contributed by atoms with Crippen molar-refractivity contribution in [3.63, 3.8) is 0 Å². The normalized spacial score (nSPS) is 14.8. The van der Waals surface area contributed by atoms with Crippen LogP contribution < -0.4 is 5.32 Å². The Morgan fingerprint density at radius 3 is 2.74 bits per heavy atom. The lowest BCUT2D eigenvalue weighted by Crippen LogP contribution is -2.28. The minimum absolute atomic E-state index is 0.223. The van der Waals surface area contributed by atoms with Crippen LogP contribution in [0.25, 0.3) is 0 Å². The summed E-state index contributed by atoms with van der Waals surface area (Å²) in [5.74, 6) is 1.33. The van der Waals surface area contributed by atoms with Crippen LogP contribution in [-0.2, 0) is 32.1 Å². The molecule has 0 aliphatic carbocycles. The van der Waals surface area contributed by atoms with Gasteiger partial charge in [-0.3, -0.25) is 9.69 Å². The van der Waals surface area contributed by atoms with E-state index in [1.807, 2.05) is 9.47 Å². The Bertz CT molecular complexity index is 1030. The summed E-state index contributed by atoms with van der Waals surface area (Å²) in [6.07, 6.45) is -0.445. The summed E-state index contributed by atoms with van der Waals surface area (Å²) in [5, 5.41) is 11.3. The molecule has 0 bridgehead atoms. The summed E-state index contributed by atoms with van der Waals surface area (Å²) in [6.45, 7) is 2.39. The third-order valence-electron chi connectivity index (χ3n) is 5.33. The van der Waals surface area contributed by atoms with Gasteiger partial charge in [-0.1, -0.05) is 18.2 Å². The third-order valence-corrected chi connectivity index (χ3v) is 5.33. The van der Waals surface area contributed by atoms with E-state index in [9.17, 15) is 18.0 Å². The van der Waals surface area contributed by atoms with Crippen LogP contribution >= 0.6 is 0 Å². The monoisotopic (exact) mass is 433 g/mol. The van der Waals surface area contributed by atoms with Gasteiger partial charge in [-0.05, 0) is 17.7 Å². The maximum Gasteiger partial charge on any atom is 0.416 e. The Kier molecular flexibility index (Phi) is 6.08. The molecule has 0 saturated heterocycles. The van der Waals surface area contributed by atoms with Crippen LogP contribution in [0.15, 0.2) is 47.3 Å². The molecule has 31 heavy (non-hydrogen) atoms. The van der Waals surface area contributed by atoms with Crippen molar-refractivity contribution in [3.8, 4) is 0 Å². The first kappa shape index (κ1) is 21.1. The summed E-state index contributed by atoms with van der Waals surface area (Å²) in [5.41, 5.74) is 0.136. The van der Waals surface area contributed by atoms with Gasteiger partial charge >= 0.3 is 6.18 Å². The zero-order valence-electron chi connectivity index (χ0n) is 16.7. The van der Waals surface area contributed by atoms with E-state index in [1.54, 1.807) is 12.1 Å². The number of hydrogen-bond acceptors (Lipinski definition) is 5. The molecule has 0 fully saturated rings. The van der Waals surface area contributed by atoms with E-state index in [0.717, 1.165) is 17.7 Å². The number of nitrogens with one attached hydrogen (secondary N) is 1. The van der Waals surface area contributed by atoms with E-state index in [0.29, 0.717) is 44.6 Å². The lowest BCUT2D eigenvalue weighted by molar-refractivity contribution is -0.138. The van der Waals surface area contributed by atoms with E-state index in [-0.39, 0.29) is 18.0 Å². The van der Waals surface area contributed by atoms with Crippen molar-refractivity contribution in [3.05, 3.63) is 71.2 Å². The van der Waals surface area contributed by atoms with E-state index < -0.39 is 11.7 Å². The topological polar surface area (TPSA) is 76.2 Å². The van der Waals surface area contributed by atoms with Crippen LogP contribution in [0.2, 0.25) is 0 Å². The number of halogens is 3. The Balaban J connectivity index is 1.36. The minimum atomic E-state index is -4.37. The van der Waals surface area contributed by atoms with Gasteiger partial charge in [-0.2, -0.15) is 13.2 Å². The van der Waals surface area contributed by atoms with Crippen molar-refractivity contribution in [2.45, 2.75) is 32.1 Å². The van der Waals surface area contributed by atoms with Crippen molar-refractivity contribution in [2.24, 2.45) is 0 Å². The third kappa shape index (κ3) is 4.96. The molecule has 10 heteroatoms. The molecule has 0 radical (unpaired) electrons. The molecule has 0 saturated carbocycles. The predicted molar refractivity (Wildman–Crippen MR) is 105 cm³/mol. The second-order valence-corrected chi connectivity index (χ2v) is 7.38. The molecule has 1 amide bonds. The SMILES string of the molecule is O=C(NCCc1nnc2n1CCN(Cc1ccccc1C(F)(F)F)CC2)c1ccoc1. The van der Waals surface area contributed by atoms with E-state index in [2.05, 4.69) is 15.5 Å². The summed E-state index contributed by atoms with van der Waals surface area (Å²) < 4.78 is 46.8. The van der Waals surface area contributed by atoms with E-state index in [1.165, 1.54) is 24.7 Å². The maximum atomic E-state index is 13.3. The number of alkyl halides is 3. The molecule has 3 aromatic rings. The first-order chi connectivity index (χ1) is 14.9. The lowest BCUT2D eigenvalue weighted by Gasteiger charge is -2.22. The Labute approximate surface area is 176 Å². The number of carbonyl (C=O) groups excluding carboxylic acids is 1. The van der Waals surface area contributed by atoms with Crippen molar-refractivity contribution in [2.75, 3.05) is 19.6 Å². The molecule has 1 N–H and O–H groups in total. The molecule has 2 aromatic heterocycles. The van der Waals surface area contributed by atoms with Gasteiger partial charge in [0.1, 0.15) is 17.9 Å². The molecular formula is C21H22F3N5O2. The number of amides is 1. The fourth-order valence-corrected chi connectivity index (χ4v) is 3.73.